The van der Waals surface area contributed by atoms with Gasteiger partial charge in [0.25, 0.3) is 0 Å². The van der Waals surface area contributed by atoms with Gasteiger partial charge in [0.2, 0.25) is 0 Å². The summed E-state index contributed by atoms with van der Waals surface area (Å²) in [5.41, 5.74) is 2.64. The van der Waals surface area contributed by atoms with Gasteiger partial charge in [-0.3, -0.25) is 0 Å². The van der Waals surface area contributed by atoms with Crippen LogP contribution in [-0.2, 0) is 12.1 Å². The molecule has 1 aliphatic carbocycles. The highest BCUT2D eigenvalue weighted by Gasteiger charge is 2.42. The highest BCUT2D eigenvalue weighted by Crippen LogP contribution is 2.38. The number of hydrogen-bond acceptors (Lipinski definition) is 3. The summed E-state index contributed by atoms with van der Waals surface area (Å²) in [6, 6.07) is 10.7. The molecular formula is C20H26N4. The summed E-state index contributed by atoms with van der Waals surface area (Å²) in [5, 5.41) is 3.83. The van der Waals surface area contributed by atoms with Gasteiger partial charge in [-0.05, 0) is 37.2 Å². The van der Waals surface area contributed by atoms with Gasteiger partial charge in [-0.1, -0.05) is 30.3 Å². The number of piperidine rings is 1. The van der Waals surface area contributed by atoms with Crippen molar-refractivity contribution in [1.82, 2.24) is 19.8 Å². The summed E-state index contributed by atoms with van der Waals surface area (Å²) < 4.78 is 2.46. The second kappa shape index (κ2) is 5.71. The molecule has 2 aliphatic heterocycles. The van der Waals surface area contributed by atoms with E-state index in [-0.39, 0.29) is 5.54 Å². The normalized spacial score (nSPS) is 23.3. The van der Waals surface area contributed by atoms with Gasteiger partial charge >= 0.3 is 0 Å². The first-order chi connectivity index (χ1) is 11.8. The number of likely N-dealkylation sites (tertiary alicyclic amines) is 1. The zero-order valence-corrected chi connectivity index (χ0v) is 14.2. The van der Waals surface area contributed by atoms with Crippen molar-refractivity contribution in [1.29, 1.82) is 0 Å². The average Bonchev–Trinajstić information content (AvgIpc) is 3.33. The van der Waals surface area contributed by atoms with Crippen molar-refractivity contribution >= 4 is 0 Å². The van der Waals surface area contributed by atoms with E-state index >= 15 is 0 Å². The monoisotopic (exact) mass is 322 g/mol. The Morgan fingerprint density at radius 2 is 1.88 bits per heavy atom. The molecule has 0 radical (unpaired) electrons. The molecule has 3 heterocycles. The molecule has 1 saturated carbocycles. The van der Waals surface area contributed by atoms with Gasteiger partial charge in [-0.15, -0.1) is 0 Å². The molecule has 1 spiro atoms. The molecule has 0 bridgehead atoms. The van der Waals surface area contributed by atoms with Crippen molar-refractivity contribution < 1.29 is 0 Å². The second-order valence-electron chi connectivity index (χ2n) is 7.74. The SMILES string of the molecule is c1ccc(-c2cnc3n2CCNC32CCN(CC3CC3)CC2)cc1. The maximum Gasteiger partial charge on any atom is 0.129 e. The summed E-state index contributed by atoms with van der Waals surface area (Å²) in [7, 11) is 0. The highest BCUT2D eigenvalue weighted by molar-refractivity contribution is 5.59. The van der Waals surface area contributed by atoms with Crippen molar-refractivity contribution in [3.8, 4) is 11.3 Å². The molecule has 4 heteroatoms. The lowest BCUT2D eigenvalue weighted by Gasteiger charge is -2.44. The van der Waals surface area contributed by atoms with Gasteiger partial charge in [0.15, 0.2) is 0 Å². The molecule has 1 N–H and O–H groups in total. The molecule has 1 aromatic heterocycles. The van der Waals surface area contributed by atoms with Crippen LogP contribution in [0, 0.1) is 5.92 Å². The lowest BCUT2D eigenvalue weighted by Crippen LogP contribution is -2.55. The lowest BCUT2D eigenvalue weighted by atomic mass is 9.85. The van der Waals surface area contributed by atoms with Crippen molar-refractivity contribution in [2.75, 3.05) is 26.2 Å². The molecule has 0 unspecified atom stereocenters. The maximum absolute atomic E-state index is 4.89. The summed E-state index contributed by atoms with van der Waals surface area (Å²) in [6.07, 6.45) is 7.35. The number of rotatable bonds is 3. The van der Waals surface area contributed by atoms with Crippen LogP contribution in [0.25, 0.3) is 11.3 Å². The number of imidazole rings is 1. The number of aromatic nitrogens is 2. The third kappa shape index (κ3) is 2.49. The van der Waals surface area contributed by atoms with Crippen LogP contribution < -0.4 is 5.32 Å². The predicted octanol–water partition coefficient (Wildman–Crippen LogP) is 2.85. The predicted molar refractivity (Wildman–Crippen MR) is 95.7 cm³/mol. The molecule has 2 fully saturated rings. The number of benzene rings is 1. The quantitative estimate of drug-likeness (QED) is 0.943. The van der Waals surface area contributed by atoms with Crippen LogP contribution in [0.2, 0.25) is 0 Å². The fraction of sp³-hybridized carbons (Fsp3) is 0.550. The van der Waals surface area contributed by atoms with Gasteiger partial charge < -0.3 is 14.8 Å². The largest absolute Gasteiger partial charge is 0.325 e. The van der Waals surface area contributed by atoms with Crippen molar-refractivity contribution in [2.24, 2.45) is 5.92 Å². The Bertz CT molecular complexity index is 708. The maximum atomic E-state index is 4.89. The fourth-order valence-corrected chi connectivity index (χ4v) is 4.49. The number of hydrogen-bond donors (Lipinski definition) is 1. The Hall–Kier alpha value is -1.65. The van der Waals surface area contributed by atoms with Crippen LogP contribution in [0.1, 0.15) is 31.5 Å². The summed E-state index contributed by atoms with van der Waals surface area (Å²) in [6.45, 7) is 5.80. The van der Waals surface area contributed by atoms with Crippen molar-refractivity contribution in [3.05, 3.63) is 42.4 Å². The van der Waals surface area contributed by atoms with E-state index < -0.39 is 0 Å². The minimum absolute atomic E-state index is 0.0886. The van der Waals surface area contributed by atoms with Gasteiger partial charge in [0.05, 0.1) is 17.4 Å². The van der Waals surface area contributed by atoms with E-state index in [4.69, 9.17) is 4.98 Å². The molecule has 5 rings (SSSR count). The smallest absolute Gasteiger partial charge is 0.129 e. The molecule has 0 atom stereocenters. The first-order valence-electron chi connectivity index (χ1n) is 9.43. The molecule has 126 valence electrons. The Morgan fingerprint density at radius 3 is 2.62 bits per heavy atom. The average molecular weight is 322 g/mol. The summed E-state index contributed by atoms with van der Waals surface area (Å²) in [5.74, 6) is 2.25. The molecule has 1 aromatic carbocycles. The number of nitrogens with one attached hydrogen (secondary N) is 1. The number of fused-ring (bicyclic) bond motifs is 2. The molecule has 1 saturated heterocycles. The number of nitrogens with zero attached hydrogens (tertiary/aromatic N) is 3. The van der Waals surface area contributed by atoms with Crippen LogP contribution in [0.5, 0.6) is 0 Å². The molecular weight excluding hydrogens is 296 g/mol. The zero-order valence-electron chi connectivity index (χ0n) is 14.2. The Balaban J connectivity index is 1.42. The van der Waals surface area contributed by atoms with Crippen molar-refractivity contribution in [2.45, 2.75) is 37.8 Å². The second-order valence-corrected chi connectivity index (χ2v) is 7.74. The molecule has 3 aliphatic rings. The minimum atomic E-state index is 0.0886. The van der Waals surface area contributed by atoms with Gasteiger partial charge in [0, 0.05) is 32.7 Å². The third-order valence-electron chi connectivity index (χ3n) is 6.07. The van der Waals surface area contributed by atoms with Crippen LogP contribution in [0.3, 0.4) is 0 Å². The van der Waals surface area contributed by atoms with Gasteiger partial charge in [-0.2, -0.15) is 0 Å². The Morgan fingerprint density at radius 1 is 1.08 bits per heavy atom. The fourth-order valence-electron chi connectivity index (χ4n) is 4.49. The molecule has 2 aromatic rings. The highest BCUT2D eigenvalue weighted by atomic mass is 15.2. The summed E-state index contributed by atoms with van der Waals surface area (Å²) in [4.78, 5) is 7.56. The van der Waals surface area contributed by atoms with E-state index in [1.165, 1.54) is 62.4 Å². The van der Waals surface area contributed by atoms with Crippen LogP contribution >= 0.6 is 0 Å². The topological polar surface area (TPSA) is 33.1 Å². The standard InChI is InChI=1S/C20H26N4/c1-2-4-17(5-3-1)18-14-21-19-20(22-10-13-24(18)19)8-11-23(12-9-20)15-16-6-7-16/h1-5,14,16,22H,6-13,15H2. The van der Waals surface area contributed by atoms with E-state index in [1.54, 1.807) is 0 Å². The Labute approximate surface area is 143 Å². The molecule has 24 heavy (non-hydrogen) atoms. The Kier molecular flexibility index (Phi) is 3.49. The van der Waals surface area contributed by atoms with E-state index in [2.05, 4.69) is 51.3 Å². The van der Waals surface area contributed by atoms with Crippen LogP contribution in [-0.4, -0.2) is 40.6 Å². The van der Waals surface area contributed by atoms with Gasteiger partial charge in [0.1, 0.15) is 5.82 Å². The van der Waals surface area contributed by atoms with Gasteiger partial charge in [-0.25, -0.2) is 4.98 Å². The van der Waals surface area contributed by atoms with Crippen molar-refractivity contribution in [3.63, 3.8) is 0 Å². The zero-order chi connectivity index (χ0) is 16.0. The van der Waals surface area contributed by atoms with E-state index in [9.17, 15) is 0 Å². The first-order valence-corrected chi connectivity index (χ1v) is 9.43. The van der Waals surface area contributed by atoms with E-state index in [1.807, 2.05) is 0 Å². The summed E-state index contributed by atoms with van der Waals surface area (Å²) >= 11 is 0. The third-order valence-corrected chi connectivity index (χ3v) is 6.07. The van der Waals surface area contributed by atoms with E-state index in [0.29, 0.717) is 0 Å². The minimum Gasteiger partial charge on any atom is -0.325 e. The van der Waals surface area contributed by atoms with Crippen LogP contribution in [0.4, 0.5) is 0 Å². The molecule has 4 nitrogen and oxygen atoms in total. The lowest BCUT2D eigenvalue weighted by molar-refractivity contribution is 0.110. The first kappa shape index (κ1) is 14.7. The van der Waals surface area contributed by atoms with Crippen LogP contribution in [0.15, 0.2) is 36.5 Å². The van der Waals surface area contributed by atoms with E-state index in [0.717, 1.165) is 19.0 Å². The molecule has 0 amide bonds.